The Morgan fingerprint density at radius 1 is 0.291 bits per heavy atom. The molecule has 0 amide bonds. The fourth-order valence-corrected chi connectivity index (χ4v) is 8.60. The Balaban J connectivity index is 1.01. The summed E-state index contributed by atoms with van der Waals surface area (Å²) < 4.78 is 2.31. The van der Waals surface area contributed by atoms with Crippen LogP contribution in [-0.2, 0) is 0 Å². The van der Waals surface area contributed by atoms with Gasteiger partial charge in [0.25, 0.3) is 0 Å². The third kappa shape index (κ3) is 6.41. The molecular formula is C52H34N2S. The van der Waals surface area contributed by atoms with Crippen molar-refractivity contribution in [3.05, 3.63) is 206 Å². The van der Waals surface area contributed by atoms with Gasteiger partial charge >= 0.3 is 0 Å². The van der Waals surface area contributed by atoms with Gasteiger partial charge in [-0.2, -0.15) is 0 Å². The van der Waals surface area contributed by atoms with E-state index in [0.29, 0.717) is 0 Å². The van der Waals surface area contributed by atoms with Crippen molar-refractivity contribution >= 4 is 31.6 Å². The molecule has 10 rings (SSSR count). The SMILES string of the molecule is c1ccc(-c2ccc(-c3cccc(-c4cccc(-c5nc(-c6ccc(-c7cccc(-c8ccccc8)c7)cc6)c6sc7ccccc7c6n5)c4)c3)cc2)cc1. The zero-order valence-corrected chi connectivity index (χ0v) is 30.7. The molecular weight excluding hydrogens is 685 g/mol. The van der Waals surface area contributed by atoms with E-state index in [9.17, 15) is 0 Å². The lowest BCUT2D eigenvalue weighted by molar-refractivity contribution is 1.24. The second-order valence-electron chi connectivity index (χ2n) is 13.8. The van der Waals surface area contributed by atoms with Crippen molar-refractivity contribution in [2.24, 2.45) is 0 Å². The first kappa shape index (κ1) is 32.7. The third-order valence-corrected chi connectivity index (χ3v) is 11.5. The highest BCUT2D eigenvalue weighted by molar-refractivity contribution is 7.26. The molecule has 2 aromatic heterocycles. The second-order valence-corrected chi connectivity index (χ2v) is 14.9. The number of rotatable bonds is 7. The van der Waals surface area contributed by atoms with E-state index in [1.807, 2.05) is 0 Å². The van der Waals surface area contributed by atoms with Crippen molar-refractivity contribution in [1.82, 2.24) is 9.97 Å². The second kappa shape index (κ2) is 14.1. The zero-order chi connectivity index (χ0) is 36.6. The van der Waals surface area contributed by atoms with E-state index >= 15 is 0 Å². The number of thiophene rings is 1. The average Bonchev–Trinajstić information content (AvgIpc) is 3.66. The van der Waals surface area contributed by atoms with Crippen LogP contribution in [0.25, 0.3) is 98.6 Å². The van der Waals surface area contributed by atoms with Crippen LogP contribution in [0.15, 0.2) is 206 Å². The van der Waals surface area contributed by atoms with E-state index in [4.69, 9.17) is 9.97 Å². The van der Waals surface area contributed by atoms with Gasteiger partial charge in [0.05, 0.1) is 15.9 Å². The number of aromatic nitrogens is 2. The Morgan fingerprint density at radius 2 is 0.673 bits per heavy atom. The van der Waals surface area contributed by atoms with Crippen LogP contribution >= 0.6 is 11.3 Å². The Hall–Kier alpha value is -6.94. The summed E-state index contributed by atoms with van der Waals surface area (Å²) in [4.78, 5) is 10.6. The molecule has 8 aromatic carbocycles. The van der Waals surface area contributed by atoms with Crippen molar-refractivity contribution < 1.29 is 0 Å². The Morgan fingerprint density at radius 3 is 1.24 bits per heavy atom. The van der Waals surface area contributed by atoms with Crippen LogP contribution in [0.1, 0.15) is 0 Å². The van der Waals surface area contributed by atoms with Gasteiger partial charge in [0, 0.05) is 21.2 Å². The highest BCUT2D eigenvalue weighted by atomic mass is 32.1. The normalized spacial score (nSPS) is 11.3. The minimum absolute atomic E-state index is 0.722. The number of hydrogen-bond donors (Lipinski definition) is 0. The summed E-state index contributed by atoms with van der Waals surface area (Å²) in [5, 5.41) is 1.16. The van der Waals surface area contributed by atoms with E-state index in [1.54, 1.807) is 11.3 Å². The van der Waals surface area contributed by atoms with E-state index < -0.39 is 0 Å². The summed E-state index contributed by atoms with van der Waals surface area (Å²) in [5.41, 5.74) is 15.9. The summed E-state index contributed by atoms with van der Waals surface area (Å²) in [6.45, 7) is 0. The molecule has 10 aromatic rings. The van der Waals surface area contributed by atoms with Gasteiger partial charge in [-0.15, -0.1) is 11.3 Å². The Kier molecular flexibility index (Phi) is 8.40. The minimum atomic E-state index is 0.722. The van der Waals surface area contributed by atoms with Gasteiger partial charge < -0.3 is 0 Å². The summed E-state index contributed by atoms with van der Waals surface area (Å²) in [6.07, 6.45) is 0. The Bertz CT molecular complexity index is 2950. The van der Waals surface area contributed by atoms with Crippen molar-refractivity contribution in [2.45, 2.75) is 0 Å². The quantitative estimate of drug-likeness (QED) is 0.164. The molecule has 3 heteroatoms. The van der Waals surface area contributed by atoms with E-state index in [0.717, 1.165) is 49.4 Å². The predicted molar refractivity (Wildman–Crippen MR) is 233 cm³/mol. The van der Waals surface area contributed by atoms with Gasteiger partial charge in [-0.3, -0.25) is 0 Å². The molecule has 2 nitrogen and oxygen atoms in total. The summed E-state index contributed by atoms with van der Waals surface area (Å²) in [6, 6.07) is 73.4. The molecule has 55 heavy (non-hydrogen) atoms. The first-order valence-corrected chi connectivity index (χ1v) is 19.4. The molecule has 0 fully saturated rings. The smallest absolute Gasteiger partial charge is 0.160 e. The minimum Gasteiger partial charge on any atom is -0.226 e. The molecule has 0 spiro atoms. The van der Waals surface area contributed by atoms with Gasteiger partial charge in [0.1, 0.15) is 0 Å². The molecule has 0 saturated carbocycles. The number of benzene rings is 8. The van der Waals surface area contributed by atoms with Gasteiger partial charge in [-0.1, -0.05) is 182 Å². The molecule has 0 aliphatic heterocycles. The van der Waals surface area contributed by atoms with E-state index in [1.165, 1.54) is 49.2 Å². The van der Waals surface area contributed by atoms with Gasteiger partial charge in [0.2, 0.25) is 0 Å². The topological polar surface area (TPSA) is 25.8 Å². The number of nitrogens with zero attached hydrogens (tertiary/aromatic N) is 2. The molecule has 0 saturated heterocycles. The van der Waals surface area contributed by atoms with Crippen molar-refractivity contribution in [1.29, 1.82) is 0 Å². The van der Waals surface area contributed by atoms with Crippen LogP contribution in [0.3, 0.4) is 0 Å². The molecule has 0 bridgehead atoms. The monoisotopic (exact) mass is 718 g/mol. The van der Waals surface area contributed by atoms with Crippen LogP contribution < -0.4 is 0 Å². The first-order valence-electron chi connectivity index (χ1n) is 18.6. The fraction of sp³-hybridized carbons (Fsp3) is 0. The lowest BCUT2D eigenvalue weighted by atomic mass is 9.96. The molecule has 0 aliphatic carbocycles. The predicted octanol–water partition coefficient (Wildman–Crippen LogP) is 14.5. The van der Waals surface area contributed by atoms with Crippen LogP contribution in [0.5, 0.6) is 0 Å². The lowest BCUT2D eigenvalue weighted by Crippen LogP contribution is -1.94. The molecule has 2 heterocycles. The van der Waals surface area contributed by atoms with Crippen LogP contribution in [0.4, 0.5) is 0 Å². The van der Waals surface area contributed by atoms with Gasteiger partial charge in [0.15, 0.2) is 5.82 Å². The van der Waals surface area contributed by atoms with E-state index in [-0.39, 0.29) is 0 Å². The number of hydrogen-bond acceptors (Lipinski definition) is 3. The highest BCUT2D eigenvalue weighted by Gasteiger charge is 2.17. The third-order valence-electron chi connectivity index (χ3n) is 10.3. The highest BCUT2D eigenvalue weighted by Crippen LogP contribution is 2.40. The maximum absolute atomic E-state index is 5.33. The standard InChI is InChI=1S/C52H34N2S/c1-3-12-35(13-4-1)37-24-26-38(27-25-37)43-18-10-19-44(33-43)45-20-11-21-46(34-45)52-53-49(51-50(54-52)47-22-7-8-23-48(47)55-51)40-30-28-39(29-31-40)42-17-9-16-41(32-42)36-14-5-2-6-15-36/h1-34H. The average molecular weight is 719 g/mol. The Labute approximate surface area is 324 Å². The van der Waals surface area contributed by atoms with Crippen molar-refractivity contribution in [3.8, 4) is 78.3 Å². The summed E-state index contributed by atoms with van der Waals surface area (Å²) in [7, 11) is 0. The fourth-order valence-electron chi connectivity index (χ4n) is 7.45. The molecule has 0 unspecified atom stereocenters. The largest absolute Gasteiger partial charge is 0.226 e. The van der Waals surface area contributed by atoms with E-state index in [2.05, 4.69) is 206 Å². The lowest BCUT2D eigenvalue weighted by Gasteiger charge is -2.11. The van der Waals surface area contributed by atoms with Gasteiger partial charge in [-0.25, -0.2) is 9.97 Å². The zero-order valence-electron chi connectivity index (χ0n) is 29.9. The number of fused-ring (bicyclic) bond motifs is 3. The molecule has 0 aliphatic rings. The van der Waals surface area contributed by atoms with Crippen molar-refractivity contribution in [2.75, 3.05) is 0 Å². The molecule has 0 N–H and O–H groups in total. The molecule has 258 valence electrons. The van der Waals surface area contributed by atoms with Gasteiger partial charge in [-0.05, 0) is 79.9 Å². The van der Waals surface area contributed by atoms with Crippen LogP contribution in [-0.4, -0.2) is 9.97 Å². The van der Waals surface area contributed by atoms with Crippen LogP contribution in [0, 0.1) is 0 Å². The van der Waals surface area contributed by atoms with Crippen molar-refractivity contribution in [3.63, 3.8) is 0 Å². The maximum atomic E-state index is 5.33. The first-order chi connectivity index (χ1) is 27.2. The van der Waals surface area contributed by atoms with Crippen LogP contribution in [0.2, 0.25) is 0 Å². The summed E-state index contributed by atoms with van der Waals surface area (Å²) >= 11 is 1.76. The molecule has 0 radical (unpaired) electrons. The summed E-state index contributed by atoms with van der Waals surface area (Å²) in [5.74, 6) is 0.722. The molecule has 0 atom stereocenters. The maximum Gasteiger partial charge on any atom is 0.160 e.